The molecule has 22 heavy (non-hydrogen) atoms. The summed E-state index contributed by atoms with van der Waals surface area (Å²) in [5.74, 6) is -0.957. The van der Waals surface area contributed by atoms with Crippen LogP contribution in [-0.4, -0.2) is 45.7 Å². The molecule has 0 fully saturated rings. The number of carbonyl (C=O) groups is 1. The first-order valence-corrected chi connectivity index (χ1v) is 11.2. The fourth-order valence-corrected chi connectivity index (χ4v) is 5.24. The summed E-state index contributed by atoms with van der Waals surface area (Å²) in [6, 6.07) is 0.592. The van der Waals surface area contributed by atoms with Crippen molar-refractivity contribution in [2.45, 2.75) is 57.7 Å². The second kappa shape index (κ2) is 6.89. The average Bonchev–Trinajstić information content (AvgIpc) is 2.24. The van der Waals surface area contributed by atoms with Gasteiger partial charge in [0.1, 0.15) is 0 Å². The Bertz CT molecular complexity index is 504. The molecule has 0 aromatic heterocycles. The zero-order chi connectivity index (χ0) is 18.0. The molecule has 0 radical (unpaired) electrons. The van der Waals surface area contributed by atoms with E-state index in [0.717, 1.165) is 0 Å². The first kappa shape index (κ1) is 21.4. The number of halogens is 2. The maximum atomic E-state index is 13.3. The number of ether oxygens (including phenoxy) is 1. The lowest BCUT2D eigenvalue weighted by atomic mass is 9.92. The molecule has 1 N–H and O–H groups in total. The first-order chi connectivity index (χ1) is 9.54. The van der Waals surface area contributed by atoms with Gasteiger partial charge in [0.05, 0.1) is 6.42 Å². The van der Waals surface area contributed by atoms with Gasteiger partial charge in [-0.15, -0.1) is 0 Å². The van der Waals surface area contributed by atoms with Gasteiger partial charge in [0.25, 0.3) is 0 Å². The van der Waals surface area contributed by atoms with Gasteiger partial charge in [-0.3, -0.25) is 9.35 Å². The number of esters is 1. The topological polar surface area (TPSA) is 89.9 Å². The van der Waals surface area contributed by atoms with Crippen molar-refractivity contribution in [2.75, 3.05) is 7.11 Å². The summed E-state index contributed by atoms with van der Waals surface area (Å²) in [5, 5.41) is -4.55. The van der Waals surface area contributed by atoms with Crippen LogP contribution >= 0.6 is 0 Å². The molecular formula is C12H24F2O6SSi. The average molecular weight is 362 g/mol. The number of alkyl halides is 2. The monoisotopic (exact) mass is 362 g/mol. The van der Waals surface area contributed by atoms with E-state index in [9.17, 15) is 22.0 Å². The third-order valence-corrected chi connectivity index (χ3v) is 7.14. The third kappa shape index (κ3) is 6.27. The molecule has 0 aliphatic carbocycles. The zero-order valence-electron chi connectivity index (χ0n) is 13.6. The summed E-state index contributed by atoms with van der Waals surface area (Å²) in [6.07, 6.45) is -2.45. The Kier molecular flexibility index (Phi) is 6.71. The fraction of sp³-hybridized carbons (Fsp3) is 0.917. The van der Waals surface area contributed by atoms with Gasteiger partial charge in [-0.25, -0.2) is 0 Å². The number of hydrogen-bond donors (Lipinski definition) is 1. The Hall–Kier alpha value is -0.583. The van der Waals surface area contributed by atoms with Gasteiger partial charge in [0, 0.05) is 7.11 Å². The van der Waals surface area contributed by atoms with Crippen LogP contribution in [0, 0.1) is 5.41 Å². The van der Waals surface area contributed by atoms with Crippen LogP contribution in [0.3, 0.4) is 0 Å². The lowest BCUT2D eigenvalue weighted by Crippen LogP contribution is -2.42. The Balaban J connectivity index is 4.83. The van der Waals surface area contributed by atoms with Gasteiger partial charge in [-0.1, -0.05) is 13.8 Å². The van der Waals surface area contributed by atoms with Gasteiger partial charge in [-0.2, -0.15) is 17.2 Å². The molecule has 0 heterocycles. The van der Waals surface area contributed by atoms with E-state index in [4.69, 9.17) is 8.98 Å². The van der Waals surface area contributed by atoms with E-state index in [1.54, 1.807) is 21.0 Å². The van der Waals surface area contributed by atoms with Crippen LogP contribution in [-0.2, 0) is 24.1 Å². The Morgan fingerprint density at radius 1 is 1.32 bits per heavy atom. The highest BCUT2D eigenvalue weighted by Crippen LogP contribution is 2.34. The van der Waals surface area contributed by atoms with Crippen molar-refractivity contribution in [3.8, 4) is 0 Å². The zero-order valence-corrected chi connectivity index (χ0v) is 15.5. The second-order valence-electron chi connectivity index (χ2n) is 6.65. The summed E-state index contributed by atoms with van der Waals surface area (Å²) in [4.78, 5) is 11.8. The van der Waals surface area contributed by atoms with E-state index < -0.39 is 41.2 Å². The van der Waals surface area contributed by atoms with Crippen molar-refractivity contribution < 1.29 is 35.7 Å². The van der Waals surface area contributed by atoms with Gasteiger partial charge >= 0.3 is 21.3 Å². The molecule has 0 aliphatic heterocycles. The van der Waals surface area contributed by atoms with E-state index >= 15 is 0 Å². The van der Waals surface area contributed by atoms with Crippen molar-refractivity contribution in [1.82, 2.24) is 0 Å². The minimum absolute atomic E-state index is 0.168. The van der Waals surface area contributed by atoms with Crippen LogP contribution in [0.2, 0.25) is 19.1 Å². The van der Waals surface area contributed by atoms with Crippen LogP contribution < -0.4 is 0 Å². The molecule has 0 bridgehead atoms. The van der Waals surface area contributed by atoms with Crippen molar-refractivity contribution in [3.05, 3.63) is 0 Å². The maximum Gasteiger partial charge on any atom is 0.405 e. The molecule has 0 aromatic carbocycles. The highest BCUT2D eigenvalue weighted by molar-refractivity contribution is 7.86. The molecule has 0 aromatic rings. The van der Waals surface area contributed by atoms with Crippen LogP contribution in [0.5, 0.6) is 0 Å². The lowest BCUT2D eigenvalue weighted by Gasteiger charge is -2.32. The number of rotatable bonds is 8. The predicted molar refractivity (Wildman–Crippen MR) is 79.7 cm³/mol. The molecule has 0 spiro atoms. The summed E-state index contributed by atoms with van der Waals surface area (Å²) in [6.45, 7) is 8.16. The van der Waals surface area contributed by atoms with Crippen molar-refractivity contribution >= 4 is 24.4 Å². The number of carbonyl (C=O) groups excluding carboxylic acids is 1. The van der Waals surface area contributed by atoms with Gasteiger partial charge in [-0.05, 0) is 31.5 Å². The van der Waals surface area contributed by atoms with E-state index in [2.05, 4.69) is 4.74 Å². The van der Waals surface area contributed by atoms with Gasteiger partial charge in [0.15, 0.2) is 14.4 Å². The molecule has 0 aliphatic rings. The SMILES string of the molecule is CO[Si](C)(C)CC(C)(C)CC(=O)OC(C)C(F)(F)S(=O)(=O)O. The van der Waals surface area contributed by atoms with Gasteiger partial charge in [0.2, 0.25) is 0 Å². The lowest BCUT2D eigenvalue weighted by molar-refractivity contribution is -0.161. The highest BCUT2D eigenvalue weighted by atomic mass is 32.2. The molecule has 132 valence electrons. The van der Waals surface area contributed by atoms with E-state index in [1.165, 1.54) is 0 Å². The smallest absolute Gasteiger partial charge is 0.405 e. The standard InChI is InChI=1S/C12H24F2O6SSi/c1-9(12(13,14)21(16,17)18)20-10(15)7-11(2,3)8-22(5,6)19-4/h9H,7-8H2,1-6H3,(H,16,17,18). The quantitative estimate of drug-likeness (QED) is 0.406. The molecule has 0 saturated heterocycles. The minimum Gasteiger partial charge on any atom is -0.455 e. The van der Waals surface area contributed by atoms with Crippen molar-refractivity contribution in [2.24, 2.45) is 5.41 Å². The van der Waals surface area contributed by atoms with E-state index in [0.29, 0.717) is 13.0 Å². The van der Waals surface area contributed by atoms with E-state index in [1.807, 2.05) is 13.1 Å². The third-order valence-electron chi connectivity index (χ3n) is 3.21. The largest absolute Gasteiger partial charge is 0.455 e. The predicted octanol–water partition coefficient (Wildman–Crippen LogP) is 2.67. The minimum atomic E-state index is -5.65. The molecule has 0 amide bonds. The highest BCUT2D eigenvalue weighted by Gasteiger charge is 2.52. The Morgan fingerprint density at radius 2 is 1.77 bits per heavy atom. The molecule has 1 atom stereocenters. The van der Waals surface area contributed by atoms with E-state index in [-0.39, 0.29) is 6.42 Å². The Labute approximate surface area is 131 Å². The molecule has 10 heteroatoms. The van der Waals surface area contributed by atoms with Crippen LogP contribution in [0.15, 0.2) is 0 Å². The molecule has 1 unspecified atom stereocenters. The van der Waals surface area contributed by atoms with Crippen molar-refractivity contribution in [3.63, 3.8) is 0 Å². The molecule has 0 saturated carbocycles. The second-order valence-corrected chi connectivity index (χ2v) is 12.4. The summed E-state index contributed by atoms with van der Waals surface area (Å²) in [7, 11) is -6.05. The Morgan fingerprint density at radius 3 is 2.14 bits per heavy atom. The van der Waals surface area contributed by atoms with Crippen LogP contribution in [0.1, 0.15) is 27.2 Å². The molecular weight excluding hydrogens is 338 g/mol. The van der Waals surface area contributed by atoms with Crippen LogP contribution in [0.4, 0.5) is 8.78 Å². The maximum absolute atomic E-state index is 13.3. The van der Waals surface area contributed by atoms with Crippen LogP contribution in [0.25, 0.3) is 0 Å². The summed E-state index contributed by atoms with van der Waals surface area (Å²) in [5.41, 5.74) is -0.546. The number of hydrogen-bond acceptors (Lipinski definition) is 5. The summed E-state index contributed by atoms with van der Waals surface area (Å²) >= 11 is 0. The van der Waals surface area contributed by atoms with Crippen molar-refractivity contribution in [1.29, 1.82) is 0 Å². The summed E-state index contributed by atoms with van der Waals surface area (Å²) < 4.78 is 66.1. The molecule has 6 nitrogen and oxygen atoms in total. The first-order valence-electron chi connectivity index (χ1n) is 6.63. The fourth-order valence-electron chi connectivity index (χ4n) is 2.20. The molecule has 0 rings (SSSR count). The van der Waals surface area contributed by atoms with Gasteiger partial charge < -0.3 is 9.16 Å². The normalized spacial score (nSPS) is 15.5.